The molecule has 1 aromatic carbocycles. The van der Waals surface area contributed by atoms with Crippen molar-refractivity contribution in [2.45, 2.75) is 13.8 Å². The van der Waals surface area contributed by atoms with Gasteiger partial charge in [-0.2, -0.15) is 0 Å². The van der Waals surface area contributed by atoms with E-state index in [0.29, 0.717) is 5.69 Å². The molecule has 1 aromatic rings. The molecule has 0 unspecified atom stereocenters. The molecular weight excluding hydrogens is 226 g/mol. The molecule has 0 heterocycles. The number of aliphatic carboxylic acids is 1. The molecule has 6 heteroatoms. The van der Waals surface area contributed by atoms with Gasteiger partial charge >= 0.3 is 5.97 Å². The second-order valence-corrected chi connectivity index (χ2v) is 3.09. The Morgan fingerprint density at radius 3 is 2.06 bits per heavy atom. The monoisotopic (exact) mass is 239 g/mol. The van der Waals surface area contributed by atoms with Crippen molar-refractivity contribution in [1.29, 1.82) is 0 Å². The van der Waals surface area contributed by atoms with E-state index < -0.39 is 11.9 Å². The summed E-state index contributed by atoms with van der Waals surface area (Å²) in [7, 11) is 0. The predicted octanol–water partition coefficient (Wildman–Crippen LogP) is 1.43. The van der Waals surface area contributed by atoms with E-state index in [1.807, 2.05) is 0 Å². The van der Waals surface area contributed by atoms with E-state index in [1.54, 1.807) is 12.1 Å². The molecule has 17 heavy (non-hydrogen) atoms. The highest BCUT2D eigenvalue weighted by molar-refractivity contribution is 5.92. The molecule has 92 valence electrons. The van der Waals surface area contributed by atoms with Gasteiger partial charge in [-0.05, 0) is 18.2 Å². The van der Waals surface area contributed by atoms with Gasteiger partial charge in [-0.15, -0.1) is 0 Å². The van der Waals surface area contributed by atoms with Gasteiger partial charge in [0, 0.05) is 19.5 Å². The number of anilines is 1. The van der Waals surface area contributed by atoms with Gasteiger partial charge in [0.1, 0.15) is 0 Å². The van der Waals surface area contributed by atoms with Gasteiger partial charge in [-0.25, -0.2) is 4.79 Å². The van der Waals surface area contributed by atoms with E-state index in [-0.39, 0.29) is 11.5 Å². The molecule has 0 saturated carbocycles. The Bertz CT molecular complexity index is 424. The van der Waals surface area contributed by atoms with Crippen LogP contribution in [0.1, 0.15) is 24.2 Å². The molecule has 3 N–H and O–H groups in total. The third-order valence-corrected chi connectivity index (χ3v) is 1.43. The minimum atomic E-state index is -1.01. The average Bonchev–Trinajstić information content (AvgIpc) is 2.16. The van der Waals surface area contributed by atoms with Crippen molar-refractivity contribution in [3.05, 3.63) is 29.8 Å². The number of carbonyl (C=O) groups is 3. The molecule has 0 saturated heterocycles. The number of carboxylic acids is 2. The lowest BCUT2D eigenvalue weighted by Gasteiger charge is -2.01. The highest BCUT2D eigenvalue weighted by Crippen LogP contribution is 2.10. The largest absolute Gasteiger partial charge is 0.481 e. The van der Waals surface area contributed by atoms with Crippen LogP contribution in [0.25, 0.3) is 0 Å². The highest BCUT2D eigenvalue weighted by Gasteiger charge is 2.03. The lowest BCUT2D eigenvalue weighted by Crippen LogP contribution is -2.06. The van der Waals surface area contributed by atoms with Crippen LogP contribution in [0.15, 0.2) is 24.3 Å². The first-order valence-corrected chi connectivity index (χ1v) is 4.63. The number of hydrogen-bond acceptors (Lipinski definition) is 3. The van der Waals surface area contributed by atoms with Crippen LogP contribution in [0.5, 0.6) is 0 Å². The Kier molecular flexibility index (Phi) is 6.02. The van der Waals surface area contributed by atoms with Crippen LogP contribution in [0.2, 0.25) is 0 Å². The van der Waals surface area contributed by atoms with Crippen LogP contribution in [-0.2, 0) is 9.59 Å². The smallest absolute Gasteiger partial charge is 0.335 e. The van der Waals surface area contributed by atoms with Crippen molar-refractivity contribution in [2.24, 2.45) is 0 Å². The van der Waals surface area contributed by atoms with Crippen LogP contribution in [0.3, 0.4) is 0 Å². The first-order chi connectivity index (χ1) is 7.82. The van der Waals surface area contributed by atoms with Gasteiger partial charge in [-0.3, -0.25) is 9.59 Å². The summed E-state index contributed by atoms with van der Waals surface area (Å²) in [6.07, 6.45) is 0. The summed E-state index contributed by atoms with van der Waals surface area (Å²) in [6.45, 7) is 2.45. The molecule has 0 aromatic heterocycles. The van der Waals surface area contributed by atoms with Gasteiger partial charge in [0.15, 0.2) is 0 Å². The first kappa shape index (κ1) is 14.6. The van der Waals surface area contributed by atoms with Crippen LogP contribution in [0, 0.1) is 0 Å². The quantitative estimate of drug-likeness (QED) is 0.724. The van der Waals surface area contributed by atoms with E-state index in [4.69, 9.17) is 15.0 Å². The summed E-state index contributed by atoms with van der Waals surface area (Å²) in [5.41, 5.74) is 0.652. The molecule has 0 radical (unpaired) electrons. The van der Waals surface area contributed by atoms with Crippen LogP contribution < -0.4 is 5.32 Å². The lowest BCUT2D eigenvalue weighted by atomic mass is 10.2. The van der Waals surface area contributed by atoms with Crippen molar-refractivity contribution in [3.8, 4) is 0 Å². The highest BCUT2D eigenvalue weighted by atomic mass is 16.4. The number of carboxylic acid groups (broad SMARTS) is 2. The lowest BCUT2D eigenvalue weighted by molar-refractivity contribution is -0.134. The summed E-state index contributed by atoms with van der Waals surface area (Å²) in [5, 5.41) is 18.5. The summed E-state index contributed by atoms with van der Waals surface area (Å²) in [6, 6.07) is 6.08. The Morgan fingerprint density at radius 2 is 1.65 bits per heavy atom. The molecule has 0 aliphatic heterocycles. The Labute approximate surface area is 97.9 Å². The van der Waals surface area contributed by atoms with Crippen LogP contribution in [0.4, 0.5) is 5.69 Å². The molecule has 0 aliphatic rings. The summed E-state index contributed by atoms with van der Waals surface area (Å²) in [4.78, 5) is 30.2. The fraction of sp³-hybridized carbons (Fsp3) is 0.182. The van der Waals surface area contributed by atoms with Crippen molar-refractivity contribution in [2.75, 3.05) is 5.32 Å². The Balaban J connectivity index is 0.000000557. The molecule has 6 nitrogen and oxygen atoms in total. The minimum Gasteiger partial charge on any atom is -0.481 e. The van der Waals surface area contributed by atoms with Gasteiger partial charge in [-0.1, -0.05) is 6.07 Å². The Hall–Kier alpha value is -2.37. The van der Waals surface area contributed by atoms with E-state index in [2.05, 4.69) is 5.32 Å². The molecule has 0 fully saturated rings. The normalized spacial score (nSPS) is 8.59. The first-order valence-electron chi connectivity index (χ1n) is 4.63. The van der Waals surface area contributed by atoms with Gasteiger partial charge in [0.05, 0.1) is 5.56 Å². The molecule has 0 aliphatic carbocycles. The second kappa shape index (κ2) is 7.00. The maximum atomic E-state index is 10.6. The third-order valence-electron chi connectivity index (χ3n) is 1.43. The van der Waals surface area contributed by atoms with Crippen LogP contribution >= 0.6 is 0 Å². The third kappa shape index (κ3) is 7.55. The standard InChI is InChI=1S/C9H9NO3.C2H4O2/c1-6(11)10-8-4-2-3-7(5-8)9(12)13;1-2(3)4/h2-5H,1H3,(H,10,11)(H,12,13);1H3,(H,3,4). The van der Waals surface area contributed by atoms with E-state index in [0.717, 1.165) is 6.92 Å². The fourth-order valence-corrected chi connectivity index (χ4v) is 0.933. The zero-order valence-corrected chi connectivity index (χ0v) is 9.43. The van der Waals surface area contributed by atoms with Gasteiger partial charge in [0.2, 0.25) is 5.91 Å². The van der Waals surface area contributed by atoms with Crippen molar-refractivity contribution < 1.29 is 24.6 Å². The average molecular weight is 239 g/mol. The molecule has 1 rings (SSSR count). The fourth-order valence-electron chi connectivity index (χ4n) is 0.933. The van der Waals surface area contributed by atoms with Gasteiger partial charge < -0.3 is 15.5 Å². The number of nitrogens with one attached hydrogen (secondary N) is 1. The van der Waals surface area contributed by atoms with Crippen LogP contribution in [-0.4, -0.2) is 28.1 Å². The van der Waals surface area contributed by atoms with E-state index in [9.17, 15) is 9.59 Å². The van der Waals surface area contributed by atoms with Crippen molar-refractivity contribution in [3.63, 3.8) is 0 Å². The molecule has 0 spiro atoms. The minimum absolute atomic E-state index is 0.159. The number of benzene rings is 1. The van der Waals surface area contributed by atoms with E-state index in [1.165, 1.54) is 19.1 Å². The molecule has 0 atom stereocenters. The maximum Gasteiger partial charge on any atom is 0.335 e. The number of amides is 1. The van der Waals surface area contributed by atoms with Gasteiger partial charge in [0.25, 0.3) is 5.97 Å². The van der Waals surface area contributed by atoms with E-state index >= 15 is 0 Å². The maximum absolute atomic E-state index is 10.6. The summed E-state index contributed by atoms with van der Waals surface area (Å²) in [5.74, 6) is -2.06. The second-order valence-electron chi connectivity index (χ2n) is 3.09. The zero-order valence-electron chi connectivity index (χ0n) is 9.43. The molecule has 1 amide bonds. The SMILES string of the molecule is CC(=O)Nc1cccc(C(=O)O)c1.CC(=O)O. The molecule has 0 bridgehead atoms. The number of aromatic carboxylic acids is 1. The zero-order chi connectivity index (χ0) is 13.4. The molecular formula is C11H13NO5. The number of hydrogen-bond donors (Lipinski definition) is 3. The van der Waals surface area contributed by atoms with Crippen molar-refractivity contribution >= 4 is 23.5 Å². The number of carbonyl (C=O) groups excluding carboxylic acids is 1. The number of rotatable bonds is 2. The van der Waals surface area contributed by atoms with Crippen molar-refractivity contribution in [1.82, 2.24) is 0 Å². The summed E-state index contributed by atoms with van der Waals surface area (Å²) >= 11 is 0. The summed E-state index contributed by atoms with van der Waals surface area (Å²) < 4.78 is 0. The predicted molar refractivity (Wildman–Crippen MR) is 61.0 cm³/mol. The Morgan fingerprint density at radius 1 is 1.12 bits per heavy atom. The topological polar surface area (TPSA) is 104 Å².